The average molecular weight is 359 g/mol. The quantitative estimate of drug-likeness (QED) is 0.780. The van der Waals surface area contributed by atoms with Crippen molar-refractivity contribution in [1.29, 1.82) is 0 Å². The van der Waals surface area contributed by atoms with Gasteiger partial charge in [-0.15, -0.1) is 0 Å². The van der Waals surface area contributed by atoms with Gasteiger partial charge >= 0.3 is 12.1 Å². The minimum atomic E-state index is -1.13. The zero-order valence-electron chi connectivity index (χ0n) is 14.7. The van der Waals surface area contributed by atoms with E-state index in [0.717, 1.165) is 10.5 Å². The fourth-order valence-electron chi connectivity index (χ4n) is 2.34. The number of hydrogen-bond donors (Lipinski definition) is 1. The first-order valence-electron chi connectivity index (χ1n) is 7.91. The number of amides is 1. The lowest BCUT2D eigenvalue weighted by Gasteiger charge is -2.21. The predicted octanol–water partition coefficient (Wildman–Crippen LogP) is 2.93. The summed E-state index contributed by atoms with van der Waals surface area (Å²) in [7, 11) is 3.03. The first kappa shape index (κ1) is 19.1. The number of carbonyl (C=O) groups excluding carboxylic acids is 1. The van der Waals surface area contributed by atoms with Crippen LogP contribution in [0.15, 0.2) is 48.5 Å². The van der Waals surface area contributed by atoms with Crippen LogP contribution in [-0.4, -0.2) is 42.8 Å². The molecule has 2 aromatic rings. The van der Waals surface area contributed by atoms with Crippen molar-refractivity contribution in [2.24, 2.45) is 0 Å². The maximum Gasteiger partial charge on any atom is 0.410 e. The maximum atomic E-state index is 12.3. The van der Waals surface area contributed by atoms with Gasteiger partial charge in [0.15, 0.2) is 0 Å². The van der Waals surface area contributed by atoms with Crippen LogP contribution in [0.2, 0.25) is 0 Å². The summed E-state index contributed by atoms with van der Waals surface area (Å²) >= 11 is 0. The molecule has 0 heterocycles. The molecule has 26 heavy (non-hydrogen) atoms. The van der Waals surface area contributed by atoms with Crippen molar-refractivity contribution in [3.05, 3.63) is 59.7 Å². The second-order valence-corrected chi connectivity index (χ2v) is 5.51. The second-order valence-electron chi connectivity index (χ2n) is 5.51. The molecule has 1 N–H and O–H groups in total. The van der Waals surface area contributed by atoms with Crippen LogP contribution in [0, 0.1) is 0 Å². The van der Waals surface area contributed by atoms with Crippen LogP contribution in [0.4, 0.5) is 4.79 Å². The molecule has 0 bridgehead atoms. The van der Waals surface area contributed by atoms with E-state index in [-0.39, 0.29) is 13.2 Å². The molecule has 0 atom stereocenters. The Morgan fingerprint density at radius 2 is 1.58 bits per heavy atom. The number of aliphatic carboxylic acids is 1. The fraction of sp³-hybridized carbons (Fsp3) is 0.263. The molecule has 0 radical (unpaired) electrons. The predicted molar refractivity (Wildman–Crippen MR) is 94.2 cm³/mol. The molecule has 0 aromatic heterocycles. The van der Waals surface area contributed by atoms with Gasteiger partial charge in [-0.25, -0.2) is 4.79 Å². The number of hydrogen-bond acceptors (Lipinski definition) is 5. The second kappa shape index (κ2) is 9.31. The molecule has 2 rings (SSSR count). The van der Waals surface area contributed by atoms with Crippen LogP contribution in [-0.2, 0) is 22.7 Å². The Labute approximate surface area is 151 Å². The standard InChI is InChI=1S/C19H21NO6/c1-24-16-8-15(9-17(10-16)25-2)11-20(12-18(21)22)19(23)26-13-14-6-4-3-5-7-14/h3-10H,11-13H2,1-2H3,(H,21,22). The van der Waals surface area contributed by atoms with E-state index in [2.05, 4.69) is 0 Å². The highest BCUT2D eigenvalue weighted by molar-refractivity contribution is 5.76. The Balaban J connectivity index is 2.11. The number of nitrogens with zero attached hydrogens (tertiary/aromatic N) is 1. The average Bonchev–Trinajstić information content (AvgIpc) is 2.65. The minimum absolute atomic E-state index is 0.0491. The van der Waals surface area contributed by atoms with Gasteiger partial charge in [0.05, 0.1) is 14.2 Å². The van der Waals surface area contributed by atoms with Crippen molar-refractivity contribution in [2.45, 2.75) is 13.2 Å². The molecule has 0 spiro atoms. The van der Waals surface area contributed by atoms with Crippen LogP contribution >= 0.6 is 0 Å². The highest BCUT2D eigenvalue weighted by Crippen LogP contribution is 2.23. The summed E-state index contributed by atoms with van der Waals surface area (Å²) in [4.78, 5) is 24.6. The van der Waals surface area contributed by atoms with E-state index in [0.29, 0.717) is 17.1 Å². The number of rotatable bonds is 8. The molecule has 0 saturated heterocycles. The van der Waals surface area contributed by atoms with Gasteiger partial charge in [-0.3, -0.25) is 9.69 Å². The van der Waals surface area contributed by atoms with Crippen molar-refractivity contribution < 1.29 is 28.9 Å². The highest BCUT2D eigenvalue weighted by Gasteiger charge is 2.19. The number of benzene rings is 2. The molecule has 0 aliphatic rings. The van der Waals surface area contributed by atoms with Crippen molar-refractivity contribution in [1.82, 2.24) is 4.90 Å². The van der Waals surface area contributed by atoms with E-state index in [1.165, 1.54) is 14.2 Å². The van der Waals surface area contributed by atoms with Gasteiger partial charge in [0.2, 0.25) is 0 Å². The van der Waals surface area contributed by atoms with Crippen LogP contribution in [0.25, 0.3) is 0 Å². The first-order valence-corrected chi connectivity index (χ1v) is 7.91. The number of ether oxygens (including phenoxy) is 3. The molecule has 2 aromatic carbocycles. The Hall–Kier alpha value is -3.22. The molecular formula is C19H21NO6. The zero-order valence-corrected chi connectivity index (χ0v) is 14.7. The number of carbonyl (C=O) groups is 2. The summed E-state index contributed by atoms with van der Waals surface area (Å²) < 4.78 is 15.6. The lowest BCUT2D eigenvalue weighted by Crippen LogP contribution is -2.35. The summed E-state index contributed by atoms with van der Waals surface area (Å²) in [6.07, 6.45) is -0.710. The third kappa shape index (κ3) is 5.70. The summed E-state index contributed by atoms with van der Waals surface area (Å²) in [6.45, 7) is -0.363. The third-order valence-electron chi connectivity index (χ3n) is 3.57. The summed E-state index contributed by atoms with van der Waals surface area (Å²) in [5.41, 5.74) is 1.48. The Morgan fingerprint density at radius 1 is 0.962 bits per heavy atom. The van der Waals surface area contributed by atoms with E-state index >= 15 is 0 Å². The van der Waals surface area contributed by atoms with E-state index in [1.807, 2.05) is 30.3 Å². The summed E-state index contributed by atoms with van der Waals surface area (Å²) in [6, 6.07) is 14.3. The molecule has 7 heteroatoms. The van der Waals surface area contributed by atoms with E-state index < -0.39 is 18.6 Å². The lowest BCUT2D eigenvalue weighted by molar-refractivity contribution is -0.138. The number of carboxylic acid groups (broad SMARTS) is 1. The Morgan fingerprint density at radius 3 is 2.12 bits per heavy atom. The molecule has 0 unspecified atom stereocenters. The van der Waals surface area contributed by atoms with E-state index in [1.54, 1.807) is 18.2 Å². The maximum absolute atomic E-state index is 12.3. The van der Waals surface area contributed by atoms with Gasteiger partial charge in [-0.05, 0) is 23.3 Å². The molecule has 7 nitrogen and oxygen atoms in total. The molecule has 0 aliphatic carbocycles. The topological polar surface area (TPSA) is 85.3 Å². The number of methoxy groups -OCH3 is 2. The van der Waals surface area contributed by atoms with Gasteiger partial charge in [-0.1, -0.05) is 30.3 Å². The zero-order chi connectivity index (χ0) is 18.9. The lowest BCUT2D eigenvalue weighted by atomic mass is 10.2. The Bertz CT molecular complexity index is 725. The summed E-state index contributed by atoms with van der Waals surface area (Å²) in [5, 5.41) is 9.10. The van der Waals surface area contributed by atoms with Gasteiger partial charge in [0.1, 0.15) is 24.7 Å². The van der Waals surface area contributed by atoms with Crippen LogP contribution < -0.4 is 9.47 Å². The van der Waals surface area contributed by atoms with E-state index in [9.17, 15) is 9.59 Å². The number of carboxylic acids is 1. The molecule has 1 amide bonds. The molecule has 138 valence electrons. The normalized spacial score (nSPS) is 10.1. The van der Waals surface area contributed by atoms with Crippen molar-refractivity contribution in [2.75, 3.05) is 20.8 Å². The highest BCUT2D eigenvalue weighted by atomic mass is 16.6. The molecule has 0 fully saturated rings. The molecular weight excluding hydrogens is 338 g/mol. The smallest absolute Gasteiger partial charge is 0.410 e. The van der Waals surface area contributed by atoms with Crippen molar-refractivity contribution in [3.8, 4) is 11.5 Å². The van der Waals surface area contributed by atoms with E-state index in [4.69, 9.17) is 19.3 Å². The van der Waals surface area contributed by atoms with Gasteiger partial charge in [0.25, 0.3) is 0 Å². The van der Waals surface area contributed by atoms with Crippen molar-refractivity contribution >= 4 is 12.1 Å². The summed E-state index contributed by atoms with van der Waals surface area (Å²) in [5.74, 6) is -0.0314. The fourth-order valence-corrected chi connectivity index (χ4v) is 2.34. The third-order valence-corrected chi connectivity index (χ3v) is 3.57. The van der Waals surface area contributed by atoms with Gasteiger partial charge < -0.3 is 19.3 Å². The largest absolute Gasteiger partial charge is 0.497 e. The van der Waals surface area contributed by atoms with Gasteiger partial charge in [0, 0.05) is 12.6 Å². The van der Waals surface area contributed by atoms with Crippen molar-refractivity contribution in [3.63, 3.8) is 0 Å². The minimum Gasteiger partial charge on any atom is -0.497 e. The first-order chi connectivity index (χ1) is 12.5. The van der Waals surface area contributed by atoms with Crippen LogP contribution in [0.1, 0.15) is 11.1 Å². The van der Waals surface area contributed by atoms with Crippen LogP contribution in [0.5, 0.6) is 11.5 Å². The van der Waals surface area contributed by atoms with Gasteiger partial charge in [-0.2, -0.15) is 0 Å². The van der Waals surface area contributed by atoms with Crippen LogP contribution in [0.3, 0.4) is 0 Å². The SMILES string of the molecule is COc1cc(CN(CC(=O)O)C(=O)OCc2ccccc2)cc(OC)c1. The monoisotopic (exact) mass is 359 g/mol. The Kier molecular flexibility index (Phi) is 6.84. The molecule has 0 saturated carbocycles. The molecule has 0 aliphatic heterocycles.